The molecule has 1 aromatic rings. The predicted octanol–water partition coefficient (Wildman–Crippen LogP) is 2.06. The van der Waals surface area contributed by atoms with Gasteiger partial charge in [0.05, 0.1) is 13.2 Å². The number of thiocarbonyl (C=S) groups is 1. The van der Waals surface area contributed by atoms with E-state index < -0.39 is 0 Å². The van der Waals surface area contributed by atoms with E-state index in [1.54, 1.807) is 7.11 Å². The highest BCUT2D eigenvalue weighted by Crippen LogP contribution is 2.26. The van der Waals surface area contributed by atoms with Gasteiger partial charge >= 0.3 is 0 Å². The van der Waals surface area contributed by atoms with Crippen molar-refractivity contribution in [3.8, 4) is 5.75 Å². The van der Waals surface area contributed by atoms with Crippen molar-refractivity contribution in [1.29, 1.82) is 0 Å². The molecule has 21 heavy (non-hydrogen) atoms. The van der Waals surface area contributed by atoms with Crippen molar-refractivity contribution >= 4 is 17.2 Å². The molecule has 0 spiro atoms. The Hall–Kier alpha value is -1.17. The first-order chi connectivity index (χ1) is 10.0. The normalized spacial score (nSPS) is 22.3. The number of likely N-dealkylation sites (N-methyl/N-ethyl adjacent to an activating group) is 1. The van der Waals surface area contributed by atoms with Gasteiger partial charge in [-0.25, -0.2) is 0 Å². The van der Waals surface area contributed by atoms with Crippen LogP contribution in [0.4, 0.5) is 0 Å². The molecule has 1 aliphatic rings. The molecule has 4 nitrogen and oxygen atoms in total. The molecular formula is C16H24N2O2S. The lowest BCUT2D eigenvalue weighted by Gasteiger charge is -2.35. The monoisotopic (exact) mass is 308 g/mol. The molecule has 0 saturated heterocycles. The first-order valence-electron chi connectivity index (χ1n) is 7.38. The Bertz CT molecular complexity index is 507. The Morgan fingerprint density at radius 3 is 2.76 bits per heavy atom. The molecule has 0 aliphatic heterocycles. The molecule has 1 fully saturated rings. The van der Waals surface area contributed by atoms with Gasteiger partial charge < -0.3 is 15.6 Å². The summed E-state index contributed by atoms with van der Waals surface area (Å²) in [7, 11) is 3.71. The summed E-state index contributed by atoms with van der Waals surface area (Å²) in [6.45, 7) is 0.710. The minimum Gasteiger partial charge on any atom is -0.496 e. The fourth-order valence-corrected chi connectivity index (χ4v) is 3.17. The summed E-state index contributed by atoms with van der Waals surface area (Å²) in [6.07, 6.45) is 3.98. The van der Waals surface area contributed by atoms with E-state index in [9.17, 15) is 5.11 Å². The zero-order valence-corrected chi connectivity index (χ0v) is 13.5. The van der Waals surface area contributed by atoms with Gasteiger partial charge in [0.25, 0.3) is 0 Å². The van der Waals surface area contributed by atoms with Gasteiger partial charge in [-0.15, -0.1) is 0 Å². The maximum Gasteiger partial charge on any atom is 0.123 e. The van der Waals surface area contributed by atoms with E-state index in [0.717, 1.165) is 36.1 Å². The van der Waals surface area contributed by atoms with Crippen LogP contribution in [0.25, 0.3) is 0 Å². The lowest BCUT2D eigenvalue weighted by Crippen LogP contribution is -2.42. The van der Waals surface area contributed by atoms with E-state index in [0.29, 0.717) is 11.5 Å². The number of hydrogen-bond acceptors (Lipinski definition) is 4. The van der Waals surface area contributed by atoms with E-state index in [1.165, 1.54) is 6.42 Å². The number of ether oxygens (including phenoxy) is 1. The third-order valence-electron chi connectivity index (χ3n) is 4.24. The minimum atomic E-state index is -0.242. The van der Waals surface area contributed by atoms with Gasteiger partial charge in [0, 0.05) is 23.7 Å². The highest BCUT2D eigenvalue weighted by atomic mass is 32.1. The van der Waals surface area contributed by atoms with Crippen LogP contribution in [0.1, 0.15) is 36.8 Å². The Kier molecular flexibility index (Phi) is 5.56. The third-order valence-corrected chi connectivity index (χ3v) is 4.48. The molecule has 0 heterocycles. The van der Waals surface area contributed by atoms with Crippen LogP contribution in [-0.4, -0.2) is 41.3 Å². The zero-order valence-electron chi connectivity index (χ0n) is 12.7. The van der Waals surface area contributed by atoms with E-state index in [2.05, 4.69) is 4.90 Å². The molecule has 1 aromatic carbocycles. The average Bonchev–Trinajstić information content (AvgIpc) is 2.47. The molecule has 0 radical (unpaired) electrons. The highest BCUT2D eigenvalue weighted by Gasteiger charge is 2.27. The third kappa shape index (κ3) is 3.93. The molecule has 1 aliphatic carbocycles. The van der Waals surface area contributed by atoms with Crippen LogP contribution in [0.3, 0.4) is 0 Å². The van der Waals surface area contributed by atoms with Gasteiger partial charge in [0.2, 0.25) is 0 Å². The van der Waals surface area contributed by atoms with E-state index >= 15 is 0 Å². The SMILES string of the molecule is COc1ccc(C(N)=S)cc1CN(C)C1CCCCC1O. The van der Waals surface area contributed by atoms with Crippen LogP contribution in [0, 0.1) is 0 Å². The maximum absolute atomic E-state index is 10.2. The molecule has 5 heteroatoms. The van der Waals surface area contributed by atoms with Crippen LogP contribution < -0.4 is 10.5 Å². The Balaban J connectivity index is 2.16. The van der Waals surface area contributed by atoms with Gasteiger partial charge in [-0.1, -0.05) is 25.1 Å². The van der Waals surface area contributed by atoms with Crippen LogP contribution in [-0.2, 0) is 6.54 Å². The fourth-order valence-electron chi connectivity index (χ4n) is 3.05. The van der Waals surface area contributed by atoms with E-state index in [1.807, 2.05) is 25.2 Å². The second kappa shape index (κ2) is 7.20. The van der Waals surface area contributed by atoms with Crippen molar-refractivity contribution < 1.29 is 9.84 Å². The van der Waals surface area contributed by atoms with E-state index in [4.69, 9.17) is 22.7 Å². The number of nitrogens with two attached hydrogens (primary N) is 1. The van der Waals surface area contributed by atoms with Crippen molar-refractivity contribution in [3.63, 3.8) is 0 Å². The van der Waals surface area contributed by atoms with Gasteiger partial charge in [0.1, 0.15) is 10.7 Å². The fraction of sp³-hybridized carbons (Fsp3) is 0.562. The van der Waals surface area contributed by atoms with Crippen molar-refractivity contribution in [3.05, 3.63) is 29.3 Å². The molecular weight excluding hydrogens is 284 g/mol. The van der Waals surface area contributed by atoms with Gasteiger partial charge in [-0.05, 0) is 38.1 Å². The van der Waals surface area contributed by atoms with E-state index in [-0.39, 0.29) is 12.1 Å². The number of rotatable bonds is 5. The minimum absolute atomic E-state index is 0.206. The molecule has 2 atom stereocenters. The van der Waals surface area contributed by atoms with Gasteiger partial charge in [-0.2, -0.15) is 0 Å². The lowest BCUT2D eigenvalue weighted by atomic mass is 9.91. The maximum atomic E-state index is 10.2. The average molecular weight is 308 g/mol. The smallest absolute Gasteiger partial charge is 0.123 e. The number of methoxy groups -OCH3 is 1. The summed E-state index contributed by atoms with van der Waals surface area (Å²) in [5.74, 6) is 0.826. The van der Waals surface area contributed by atoms with Gasteiger partial charge in [0.15, 0.2) is 0 Å². The summed E-state index contributed by atoms with van der Waals surface area (Å²) >= 11 is 5.04. The zero-order chi connectivity index (χ0) is 15.4. The molecule has 116 valence electrons. The Morgan fingerprint density at radius 2 is 2.14 bits per heavy atom. The van der Waals surface area contributed by atoms with Crippen molar-refractivity contribution in [1.82, 2.24) is 4.90 Å². The summed E-state index contributed by atoms with van der Waals surface area (Å²) in [5, 5.41) is 10.2. The Labute approximate surface area is 131 Å². The largest absolute Gasteiger partial charge is 0.496 e. The van der Waals surface area contributed by atoms with Crippen LogP contribution in [0.2, 0.25) is 0 Å². The van der Waals surface area contributed by atoms with Crippen molar-refractivity contribution in [2.75, 3.05) is 14.2 Å². The number of hydrogen-bond donors (Lipinski definition) is 2. The van der Waals surface area contributed by atoms with Crippen molar-refractivity contribution in [2.45, 2.75) is 44.4 Å². The lowest BCUT2D eigenvalue weighted by molar-refractivity contribution is 0.0285. The number of benzene rings is 1. The molecule has 2 rings (SSSR count). The second-order valence-corrected chi connectivity index (χ2v) is 6.16. The topological polar surface area (TPSA) is 58.7 Å². The standard InChI is InChI=1S/C16H24N2O2S/c1-18(13-5-3-4-6-14(13)19)10-12-9-11(16(17)21)7-8-15(12)20-2/h7-9,13-14,19H,3-6,10H2,1-2H3,(H2,17,21). The molecule has 0 amide bonds. The van der Waals surface area contributed by atoms with Crippen LogP contribution in [0.5, 0.6) is 5.75 Å². The summed E-state index contributed by atoms with van der Waals surface area (Å²) in [4.78, 5) is 2.59. The van der Waals surface area contributed by atoms with Gasteiger partial charge in [-0.3, -0.25) is 4.90 Å². The Morgan fingerprint density at radius 1 is 1.43 bits per heavy atom. The summed E-state index contributed by atoms with van der Waals surface area (Å²) in [5.41, 5.74) is 7.60. The van der Waals surface area contributed by atoms with Crippen LogP contribution >= 0.6 is 12.2 Å². The molecule has 0 bridgehead atoms. The molecule has 3 N–H and O–H groups in total. The second-order valence-electron chi connectivity index (χ2n) is 5.73. The van der Waals surface area contributed by atoms with Crippen molar-refractivity contribution in [2.24, 2.45) is 5.73 Å². The highest BCUT2D eigenvalue weighted by molar-refractivity contribution is 7.80. The summed E-state index contributed by atoms with van der Waals surface area (Å²) < 4.78 is 5.42. The quantitative estimate of drug-likeness (QED) is 0.816. The number of aliphatic hydroxyl groups excluding tert-OH is 1. The number of aliphatic hydroxyl groups is 1. The molecule has 2 unspecified atom stereocenters. The van der Waals surface area contributed by atoms with Crippen LogP contribution in [0.15, 0.2) is 18.2 Å². The molecule has 1 saturated carbocycles. The number of nitrogens with zero attached hydrogens (tertiary/aromatic N) is 1. The molecule has 0 aromatic heterocycles. The predicted molar refractivity (Wildman–Crippen MR) is 88.6 cm³/mol. The first-order valence-corrected chi connectivity index (χ1v) is 7.78. The summed E-state index contributed by atoms with van der Waals surface area (Å²) in [6, 6.07) is 5.96. The first kappa shape index (κ1) is 16.2.